The van der Waals surface area contributed by atoms with Crippen LogP contribution in [0.5, 0.6) is 5.75 Å². The Labute approximate surface area is 96.9 Å². The van der Waals surface area contributed by atoms with Crippen molar-refractivity contribution >= 4 is 11.9 Å². The Morgan fingerprint density at radius 2 is 1.88 bits per heavy atom. The summed E-state index contributed by atoms with van der Waals surface area (Å²) >= 11 is 0. The van der Waals surface area contributed by atoms with Gasteiger partial charge < -0.3 is 4.74 Å². The van der Waals surface area contributed by atoms with E-state index in [-0.39, 0.29) is 5.78 Å². The maximum atomic E-state index is 10.9. The van der Waals surface area contributed by atoms with Crippen LogP contribution in [0, 0.1) is 20.8 Å². The summed E-state index contributed by atoms with van der Waals surface area (Å²) in [4.78, 5) is 10.9. The van der Waals surface area contributed by atoms with Crippen LogP contribution in [-0.4, -0.2) is 12.9 Å². The highest BCUT2D eigenvalue weighted by Gasteiger charge is 2.08. The molecular formula is C14H18O2. The van der Waals surface area contributed by atoms with Gasteiger partial charge in [0.1, 0.15) is 5.75 Å². The van der Waals surface area contributed by atoms with Crippen LogP contribution in [0.25, 0.3) is 6.08 Å². The molecule has 0 aromatic heterocycles. The Hall–Kier alpha value is -1.57. The number of hydrogen-bond donors (Lipinski definition) is 0. The average molecular weight is 218 g/mol. The van der Waals surface area contributed by atoms with Crippen molar-refractivity contribution in [1.82, 2.24) is 0 Å². The summed E-state index contributed by atoms with van der Waals surface area (Å²) in [5.41, 5.74) is 4.51. The topological polar surface area (TPSA) is 26.3 Å². The molecule has 0 amide bonds. The number of allylic oxidation sites excluding steroid dienone is 1. The van der Waals surface area contributed by atoms with Crippen LogP contribution in [0.15, 0.2) is 12.1 Å². The number of carbonyl (C=O) groups excluding carboxylic acids is 1. The molecule has 0 aliphatic carbocycles. The summed E-state index contributed by atoms with van der Waals surface area (Å²) in [6, 6.07) is 2.00. The third-order valence-corrected chi connectivity index (χ3v) is 2.81. The fourth-order valence-corrected chi connectivity index (χ4v) is 1.73. The number of ketones is 1. The van der Waals surface area contributed by atoms with Crippen molar-refractivity contribution in [3.05, 3.63) is 34.4 Å². The lowest BCUT2D eigenvalue weighted by molar-refractivity contribution is -0.112. The Morgan fingerprint density at radius 3 is 2.38 bits per heavy atom. The summed E-state index contributed by atoms with van der Waals surface area (Å²) < 4.78 is 5.30. The normalized spacial score (nSPS) is 10.8. The fraction of sp³-hybridized carbons (Fsp3) is 0.357. The van der Waals surface area contributed by atoms with Gasteiger partial charge in [0.25, 0.3) is 0 Å². The van der Waals surface area contributed by atoms with E-state index in [0.717, 1.165) is 28.0 Å². The molecule has 2 heteroatoms. The molecule has 0 fully saturated rings. The van der Waals surface area contributed by atoms with E-state index >= 15 is 0 Å². The number of hydrogen-bond acceptors (Lipinski definition) is 2. The molecule has 1 rings (SSSR count). The Kier molecular flexibility index (Phi) is 3.88. The second-order valence-electron chi connectivity index (χ2n) is 4.00. The fourth-order valence-electron chi connectivity index (χ4n) is 1.73. The van der Waals surface area contributed by atoms with Crippen molar-refractivity contribution in [2.45, 2.75) is 27.7 Å². The zero-order valence-corrected chi connectivity index (χ0v) is 10.5. The molecule has 0 heterocycles. The van der Waals surface area contributed by atoms with Crippen LogP contribution in [0.1, 0.15) is 29.2 Å². The second kappa shape index (κ2) is 4.97. The van der Waals surface area contributed by atoms with E-state index < -0.39 is 0 Å². The predicted octanol–water partition coefficient (Wildman–Crippen LogP) is 3.22. The van der Waals surface area contributed by atoms with E-state index in [1.54, 1.807) is 20.1 Å². The van der Waals surface area contributed by atoms with E-state index in [9.17, 15) is 4.79 Å². The van der Waals surface area contributed by atoms with Crippen LogP contribution in [-0.2, 0) is 4.79 Å². The molecule has 1 aromatic carbocycles. The highest BCUT2D eigenvalue weighted by atomic mass is 16.5. The monoisotopic (exact) mass is 218 g/mol. The van der Waals surface area contributed by atoms with Crippen LogP contribution in [0.2, 0.25) is 0 Å². The number of carbonyl (C=O) groups is 1. The van der Waals surface area contributed by atoms with Gasteiger partial charge in [-0.1, -0.05) is 6.08 Å². The summed E-state index contributed by atoms with van der Waals surface area (Å²) in [5.74, 6) is 0.960. The Morgan fingerprint density at radius 1 is 1.25 bits per heavy atom. The van der Waals surface area contributed by atoms with Gasteiger partial charge in [-0.3, -0.25) is 4.79 Å². The largest absolute Gasteiger partial charge is 0.496 e. The van der Waals surface area contributed by atoms with Crippen molar-refractivity contribution in [3.63, 3.8) is 0 Å². The second-order valence-corrected chi connectivity index (χ2v) is 4.00. The SMILES string of the molecule is COc1cc(C)c(C=CC(C)=O)c(C)c1C. The molecule has 0 aliphatic rings. The number of rotatable bonds is 3. The van der Waals surface area contributed by atoms with Gasteiger partial charge in [-0.05, 0) is 62.1 Å². The maximum absolute atomic E-state index is 10.9. The Bertz CT molecular complexity index is 443. The molecule has 0 N–H and O–H groups in total. The summed E-state index contributed by atoms with van der Waals surface area (Å²) in [5, 5.41) is 0. The van der Waals surface area contributed by atoms with Crippen molar-refractivity contribution in [2.75, 3.05) is 7.11 Å². The molecule has 16 heavy (non-hydrogen) atoms. The van der Waals surface area contributed by atoms with Crippen LogP contribution < -0.4 is 4.74 Å². The van der Waals surface area contributed by atoms with Crippen LogP contribution in [0.3, 0.4) is 0 Å². The van der Waals surface area contributed by atoms with Gasteiger partial charge in [-0.2, -0.15) is 0 Å². The molecule has 0 atom stereocenters. The first-order valence-electron chi connectivity index (χ1n) is 5.30. The first kappa shape index (κ1) is 12.5. The van der Waals surface area contributed by atoms with Crippen molar-refractivity contribution in [3.8, 4) is 5.75 Å². The van der Waals surface area contributed by atoms with E-state index in [0.29, 0.717) is 0 Å². The van der Waals surface area contributed by atoms with Gasteiger partial charge in [0.05, 0.1) is 7.11 Å². The highest BCUT2D eigenvalue weighted by molar-refractivity contribution is 5.92. The van der Waals surface area contributed by atoms with Crippen molar-refractivity contribution in [1.29, 1.82) is 0 Å². The lowest BCUT2D eigenvalue weighted by Crippen LogP contribution is -1.96. The predicted molar refractivity (Wildman–Crippen MR) is 66.9 cm³/mol. The third kappa shape index (κ3) is 2.51. The van der Waals surface area contributed by atoms with Gasteiger partial charge in [0, 0.05) is 0 Å². The molecule has 0 radical (unpaired) electrons. The molecule has 2 nitrogen and oxygen atoms in total. The van der Waals surface area contributed by atoms with Gasteiger partial charge in [-0.15, -0.1) is 0 Å². The summed E-state index contributed by atoms with van der Waals surface area (Å²) in [6.45, 7) is 7.65. The van der Waals surface area contributed by atoms with E-state index in [1.807, 2.05) is 32.9 Å². The van der Waals surface area contributed by atoms with Crippen molar-refractivity contribution < 1.29 is 9.53 Å². The van der Waals surface area contributed by atoms with Gasteiger partial charge in [0.2, 0.25) is 0 Å². The summed E-state index contributed by atoms with van der Waals surface area (Å²) in [7, 11) is 1.67. The molecule has 0 spiro atoms. The first-order chi connectivity index (χ1) is 7.47. The molecule has 0 aliphatic heterocycles. The average Bonchev–Trinajstić information content (AvgIpc) is 2.22. The molecule has 0 unspecified atom stereocenters. The highest BCUT2D eigenvalue weighted by Crippen LogP contribution is 2.28. The van der Waals surface area contributed by atoms with Crippen molar-refractivity contribution in [2.24, 2.45) is 0 Å². The first-order valence-corrected chi connectivity index (χ1v) is 5.30. The van der Waals surface area contributed by atoms with Crippen LogP contribution >= 0.6 is 0 Å². The zero-order valence-electron chi connectivity index (χ0n) is 10.5. The van der Waals surface area contributed by atoms with E-state index in [2.05, 4.69) is 0 Å². The summed E-state index contributed by atoms with van der Waals surface area (Å²) in [6.07, 6.45) is 3.47. The maximum Gasteiger partial charge on any atom is 0.152 e. The molecular weight excluding hydrogens is 200 g/mol. The minimum atomic E-state index is 0.0623. The van der Waals surface area contributed by atoms with E-state index in [1.165, 1.54) is 0 Å². The lowest BCUT2D eigenvalue weighted by Gasteiger charge is -2.13. The van der Waals surface area contributed by atoms with Crippen LogP contribution in [0.4, 0.5) is 0 Å². The Balaban J connectivity index is 3.30. The number of ether oxygens (including phenoxy) is 1. The molecule has 0 saturated heterocycles. The number of methoxy groups -OCH3 is 1. The molecule has 0 saturated carbocycles. The van der Waals surface area contributed by atoms with Gasteiger partial charge >= 0.3 is 0 Å². The minimum Gasteiger partial charge on any atom is -0.496 e. The molecule has 86 valence electrons. The quantitative estimate of drug-likeness (QED) is 0.728. The number of benzene rings is 1. The third-order valence-electron chi connectivity index (χ3n) is 2.81. The lowest BCUT2D eigenvalue weighted by atomic mass is 9.97. The van der Waals surface area contributed by atoms with Gasteiger partial charge in [0.15, 0.2) is 5.78 Å². The van der Waals surface area contributed by atoms with E-state index in [4.69, 9.17) is 4.74 Å². The zero-order chi connectivity index (χ0) is 12.3. The number of aryl methyl sites for hydroxylation is 1. The minimum absolute atomic E-state index is 0.0623. The standard InChI is InChI=1S/C14H18O2/c1-9-8-14(16-5)12(4)11(3)13(9)7-6-10(2)15/h6-8H,1-5H3. The smallest absolute Gasteiger partial charge is 0.152 e. The molecule has 1 aromatic rings. The van der Waals surface area contributed by atoms with Gasteiger partial charge in [-0.25, -0.2) is 0 Å². The molecule has 0 bridgehead atoms.